The second-order valence-corrected chi connectivity index (χ2v) is 7.45. The molecule has 128 valence electrons. The molecule has 4 rings (SSSR count). The van der Waals surface area contributed by atoms with E-state index in [4.69, 9.17) is 7.85 Å². The standard InChI is InChI=1S/C20H24BN3O/c1-4-11(2)22-20(25)12-8-14-13-6-5-7-16-18(13)15(19(21)23-16)9-17(14)24(3)10-12/h5-8,11-12,17,23H,4,9-10H2,1-3H3,(H,22,25)/t11-,12?,17-/m1/s1. The SMILES string of the molecule is [B]c1[nH]c2cccc3c2c1C[C@@H]1C3=CC(C(=O)N[C@H](C)CC)CN1C. The first-order valence-electron chi connectivity index (χ1n) is 9.11. The zero-order valence-electron chi connectivity index (χ0n) is 15.1. The van der Waals surface area contributed by atoms with Crippen molar-refractivity contribution in [3.8, 4) is 0 Å². The number of nitrogens with zero attached hydrogens (tertiary/aromatic N) is 1. The quantitative estimate of drug-likeness (QED) is 0.841. The van der Waals surface area contributed by atoms with Crippen molar-refractivity contribution in [2.24, 2.45) is 5.92 Å². The Balaban J connectivity index is 1.78. The summed E-state index contributed by atoms with van der Waals surface area (Å²) in [4.78, 5) is 18.3. The molecule has 2 aromatic rings. The van der Waals surface area contributed by atoms with Gasteiger partial charge in [0.25, 0.3) is 0 Å². The van der Waals surface area contributed by atoms with Crippen LogP contribution >= 0.6 is 0 Å². The van der Waals surface area contributed by atoms with E-state index < -0.39 is 0 Å². The Morgan fingerprint density at radius 1 is 1.48 bits per heavy atom. The van der Waals surface area contributed by atoms with Gasteiger partial charge in [-0.25, -0.2) is 0 Å². The van der Waals surface area contributed by atoms with Gasteiger partial charge in [0.05, 0.1) is 5.92 Å². The minimum Gasteiger partial charge on any atom is -0.368 e. The Bertz CT molecular complexity index is 869. The summed E-state index contributed by atoms with van der Waals surface area (Å²) in [5, 5.41) is 4.35. The third kappa shape index (κ3) is 2.61. The highest BCUT2D eigenvalue weighted by Crippen LogP contribution is 2.40. The normalized spacial score (nSPS) is 23.9. The van der Waals surface area contributed by atoms with E-state index in [1.807, 2.05) is 0 Å². The van der Waals surface area contributed by atoms with Crippen LogP contribution < -0.4 is 10.9 Å². The average Bonchev–Trinajstić information content (AvgIpc) is 2.92. The predicted molar refractivity (Wildman–Crippen MR) is 103 cm³/mol. The largest absolute Gasteiger partial charge is 0.368 e. The van der Waals surface area contributed by atoms with E-state index in [-0.39, 0.29) is 23.9 Å². The number of likely N-dealkylation sites (N-methyl/N-ethyl adjacent to an activating group) is 1. The van der Waals surface area contributed by atoms with Crippen molar-refractivity contribution in [3.63, 3.8) is 0 Å². The smallest absolute Gasteiger partial charge is 0.228 e. The van der Waals surface area contributed by atoms with E-state index in [1.54, 1.807) is 0 Å². The molecule has 1 amide bonds. The van der Waals surface area contributed by atoms with Crippen molar-refractivity contribution >= 4 is 35.8 Å². The molecule has 2 aliphatic rings. The highest BCUT2D eigenvalue weighted by Gasteiger charge is 2.36. The summed E-state index contributed by atoms with van der Waals surface area (Å²) in [6.45, 7) is 4.88. The van der Waals surface area contributed by atoms with Crippen LogP contribution in [0.2, 0.25) is 0 Å². The van der Waals surface area contributed by atoms with E-state index in [0.29, 0.717) is 0 Å². The van der Waals surface area contributed by atoms with Crippen LogP contribution in [-0.2, 0) is 11.2 Å². The van der Waals surface area contributed by atoms with Crippen molar-refractivity contribution in [1.29, 1.82) is 0 Å². The van der Waals surface area contributed by atoms with Gasteiger partial charge in [0, 0.05) is 29.5 Å². The van der Waals surface area contributed by atoms with Gasteiger partial charge in [-0.2, -0.15) is 0 Å². The van der Waals surface area contributed by atoms with Crippen molar-refractivity contribution in [3.05, 3.63) is 35.4 Å². The third-order valence-corrected chi connectivity index (χ3v) is 5.76. The Labute approximate surface area is 150 Å². The number of carbonyl (C=O) groups is 1. The minimum atomic E-state index is -0.113. The number of amides is 1. The summed E-state index contributed by atoms with van der Waals surface area (Å²) < 4.78 is 0. The summed E-state index contributed by atoms with van der Waals surface area (Å²) in [5.41, 5.74) is 5.53. The van der Waals surface area contributed by atoms with Crippen LogP contribution in [0.5, 0.6) is 0 Å². The van der Waals surface area contributed by atoms with Crippen molar-refractivity contribution < 1.29 is 4.79 Å². The Kier molecular flexibility index (Phi) is 3.99. The number of aromatic nitrogens is 1. The Morgan fingerprint density at radius 3 is 3.04 bits per heavy atom. The summed E-state index contributed by atoms with van der Waals surface area (Å²) in [7, 11) is 8.33. The molecule has 1 aromatic carbocycles. The topological polar surface area (TPSA) is 48.1 Å². The molecule has 0 bridgehead atoms. The fraction of sp³-hybridized carbons (Fsp3) is 0.450. The molecule has 0 spiro atoms. The summed E-state index contributed by atoms with van der Waals surface area (Å²) in [5.74, 6) is 0.0112. The van der Waals surface area contributed by atoms with Crippen LogP contribution in [0.25, 0.3) is 16.5 Å². The van der Waals surface area contributed by atoms with Gasteiger partial charge in [0.2, 0.25) is 5.91 Å². The van der Waals surface area contributed by atoms with Gasteiger partial charge in [0.15, 0.2) is 0 Å². The van der Waals surface area contributed by atoms with Crippen LogP contribution in [0.4, 0.5) is 0 Å². The van der Waals surface area contributed by atoms with E-state index in [1.165, 1.54) is 22.1 Å². The number of rotatable bonds is 3. The molecule has 0 fully saturated rings. The maximum atomic E-state index is 12.7. The van der Waals surface area contributed by atoms with Gasteiger partial charge in [-0.05, 0) is 55.2 Å². The molecule has 1 unspecified atom stereocenters. The lowest BCUT2D eigenvalue weighted by Crippen LogP contribution is -2.48. The average molecular weight is 333 g/mol. The van der Waals surface area contributed by atoms with Crippen LogP contribution in [-0.4, -0.2) is 49.3 Å². The molecule has 0 saturated carbocycles. The number of nitrogens with one attached hydrogen (secondary N) is 2. The molecule has 1 aliphatic carbocycles. The fourth-order valence-corrected chi connectivity index (χ4v) is 4.18. The zero-order chi connectivity index (χ0) is 17.7. The molecule has 25 heavy (non-hydrogen) atoms. The molecule has 0 saturated heterocycles. The van der Waals surface area contributed by atoms with Gasteiger partial charge in [-0.3, -0.25) is 9.69 Å². The number of fused-ring (bicyclic) bond motifs is 2. The molecule has 3 atom stereocenters. The zero-order valence-corrected chi connectivity index (χ0v) is 15.1. The Hall–Kier alpha value is -2.01. The molecule has 1 aliphatic heterocycles. The molecule has 1 aromatic heterocycles. The lowest BCUT2D eigenvalue weighted by Gasteiger charge is -2.39. The molecule has 2 heterocycles. The number of carbonyl (C=O) groups excluding carboxylic acids is 1. The van der Waals surface area contributed by atoms with Gasteiger partial charge >= 0.3 is 0 Å². The molecule has 2 radical (unpaired) electrons. The van der Waals surface area contributed by atoms with Crippen LogP contribution in [0.1, 0.15) is 31.4 Å². The Morgan fingerprint density at radius 2 is 2.28 bits per heavy atom. The lowest BCUT2D eigenvalue weighted by atomic mass is 9.77. The maximum Gasteiger partial charge on any atom is 0.228 e. The maximum absolute atomic E-state index is 12.7. The first kappa shape index (κ1) is 16.5. The minimum absolute atomic E-state index is 0.113. The van der Waals surface area contributed by atoms with Crippen molar-refractivity contribution in [2.45, 2.75) is 38.8 Å². The number of H-pyrrole nitrogens is 1. The van der Waals surface area contributed by atoms with Crippen LogP contribution in [0, 0.1) is 5.92 Å². The van der Waals surface area contributed by atoms with Crippen LogP contribution in [0.3, 0.4) is 0 Å². The van der Waals surface area contributed by atoms with Crippen molar-refractivity contribution in [2.75, 3.05) is 13.6 Å². The summed E-state index contributed by atoms with van der Waals surface area (Å²) >= 11 is 0. The van der Waals surface area contributed by atoms with Crippen molar-refractivity contribution in [1.82, 2.24) is 15.2 Å². The second kappa shape index (κ2) is 6.06. The number of hydrogen-bond donors (Lipinski definition) is 2. The fourth-order valence-electron chi connectivity index (χ4n) is 4.18. The lowest BCUT2D eigenvalue weighted by molar-refractivity contribution is -0.124. The molecule has 4 nitrogen and oxygen atoms in total. The third-order valence-electron chi connectivity index (χ3n) is 5.76. The second-order valence-electron chi connectivity index (χ2n) is 7.45. The summed E-state index contributed by atoms with van der Waals surface area (Å²) in [6.07, 6.45) is 4.02. The van der Waals surface area contributed by atoms with Gasteiger partial charge in [-0.1, -0.05) is 25.1 Å². The van der Waals surface area contributed by atoms with E-state index in [0.717, 1.165) is 30.5 Å². The highest BCUT2D eigenvalue weighted by molar-refractivity contribution is 6.34. The predicted octanol–water partition coefficient (Wildman–Crippen LogP) is 1.75. The van der Waals surface area contributed by atoms with E-state index >= 15 is 0 Å². The first-order valence-corrected chi connectivity index (χ1v) is 9.11. The highest BCUT2D eigenvalue weighted by atomic mass is 16.2. The summed E-state index contributed by atoms with van der Waals surface area (Å²) in [6, 6.07) is 6.77. The number of benzene rings is 1. The molecular formula is C20H24BN3O. The van der Waals surface area contributed by atoms with Gasteiger partial charge < -0.3 is 10.3 Å². The number of hydrogen-bond acceptors (Lipinski definition) is 2. The monoisotopic (exact) mass is 333 g/mol. The molecular weight excluding hydrogens is 309 g/mol. The first-order chi connectivity index (χ1) is 12.0. The molecule has 5 heteroatoms. The molecule has 2 N–H and O–H groups in total. The van der Waals surface area contributed by atoms with Gasteiger partial charge in [0.1, 0.15) is 7.85 Å². The van der Waals surface area contributed by atoms with Gasteiger partial charge in [-0.15, -0.1) is 0 Å². The van der Waals surface area contributed by atoms with E-state index in [2.05, 4.69) is 60.4 Å². The van der Waals surface area contributed by atoms with E-state index in [9.17, 15) is 4.79 Å². The number of aromatic amines is 1. The van der Waals surface area contributed by atoms with Crippen LogP contribution in [0.15, 0.2) is 24.3 Å².